The van der Waals surface area contributed by atoms with Gasteiger partial charge in [0.1, 0.15) is 5.01 Å². The van der Waals surface area contributed by atoms with Crippen molar-refractivity contribution in [2.45, 2.75) is 31.2 Å². The Morgan fingerprint density at radius 2 is 2.37 bits per heavy atom. The van der Waals surface area contributed by atoms with E-state index in [4.69, 9.17) is 11.6 Å². The molecule has 3 atom stereocenters. The van der Waals surface area contributed by atoms with Gasteiger partial charge in [0, 0.05) is 24.4 Å². The molecule has 19 heavy (non-hydrogen) atoms. The van der Waals surface area contributed by atoms with Crippen LogP contribution in [0.5, 0.6) is 0 Å². The summed E-state index contributed by atoms with van der Waals surface area (Å²) in [7, 11) is 0. The van der Waals surface area contributed by atoms with Crippen molar-refractivity contribution in [1.29, 1.82) is 0 Å². The first kappa shape index (κ1) is 13.3. The van der Waals surface area contributed by atoms with Crippen molar-refractivity contribution in [2.75, 3.05) is 13.1 Å². The smallest absolute Gasteiger partial charge is 0.229 e. The van der Waals surface area contributed by atoms with Gasteiger partial charge in [-0.15, -0.1) is 22.9 Å². The highest BCUT2D eigenvalue weighted by Gasteiger charge is 2.43. The highest BCUT2D eigenvalue weighted by Crippen LogP contribution is 2.38. The van der Waals surface area contributed by atoms with E-state index in [-0.39, 0.29) is 12.0 Å². The van der Waals surface area contributed by atoms with Crippen LogP contribution in [0.4, 0.5) is 0 Å². The highest BCUT2D eigenvalue weighted by molar-refractivity contribution is 7.09. The Bertz CT molecular complexity index is 479. The lowest BCUT2D eigenvalue weighted by Gasteiger charge is -2.17. The lowest BCUT2D eigenvalue weighted by molar-refractivity contribution is -0.129. The standard InChI is InChI=1S/C13H17ClN2O2S/c14-4-9-7-19-12(15-9)3-13(18)16-5-8-1-2-11(17)10(8)6-16/h7-8,10-11,17H,1-6H2. The number of likely N-dealkylation sites (tertiary alicyclic amines) is 1. The fourth-order valence-corrected chi connectivity index (χ4v) is 4.19. The van der Waals surface area contributed by atoms with E-state index >= 15 is 0 Å². The van der Waals surface area contributed by atoms with Crippen LogP contribution in [0.25, 0.3) is 0 Å². The molecule has 0 aromatic carbocycles. The quantitative estimate of drug-likeness (QED) is 0.864. The third-order valence-corrected chi connectivity index (χ3v) is 5.38. The maximum atomic E-state index is 12.2. The molecular formula is C13H17ClN2O2S. The number of thiazole rings is 1. The summed E-state index contributed by atoms with van der Waals surface area (Å²) in [6, 6.07) is 0. The summed E-state index contributed by atoms with van der Waals surface area (Å²) in [5.41, 5.74) is 0.836. The number of amides is 1. The summed E-state index contributed by atoms with van der Waals surface area (Å²) in [5, 5.41) is 12.6. The molecule has 1 aromatic rings. The van der Waals surface area contributed by atoms with Crippen LogP contribution >= 0.6 is 22.9 Å². The van der Waals surface area contributed by atoms with E-state index in [1.54, 1.807) is 0 Å². The van der Waals surface area contributed by atoms with Gasteiger partial charge in [0.2, 0.25) is 5.91 Å². The number of rotatable bonds is 3. The zero-order chi connectivity index (χ0) is 13.4. The van der Waals surface area contributed by atoms with Gasteiger partial charge in [0.15, 0.2) is 0 Å². The average molecular weight is 301 g/mol. The van der Waals surface area contributed by atoms with Gasteiger partial charge in [-0.05, 0) is 18.8 Å². The molecule has 1 saturated carbocycles. The van der Waals surface area contributed by atoms with Crippen molar-refractivity contribution in [3.63, 3.8) is 0 Å². The maximum Gasteiger partial charge on any atom is 0.229 e. The van der Waals surface area contributed by atoms with E-state index in [0.29, 0.717) is 30.7 Å². The van der Waals surface area contributed by atoms with E-state index in [9.17, 15) is 9.90 Å². The number of aromatic nitrogens is 1. The van der Waals surface area contributed by atoms with Crippen molar-refractivity contribution in [3.05, 3.63) is 16.1 Å². The summed E-state index contributed by atoms with van der Waals surface area (Å²) >= 11 is 7.20. The van der Waals surface area contributed by atoms with Crippen molar-refractivity contribution >= 4 is 28.8 Å². The van der Waals surface area contributed by atoms with Gasteiger partial charge in [-0.1, -0.05) is 0 Å². The molecular weight excluding hydrogens is 284 g/mol. The minimum absolute atomic E-state index is 0.122. The molecule has 0 radical (unpaired) electrons. The Balaban J connectivity index is 1.59. The fourth-order valence-electron chi connectivity index (χ4n) is 3.17. The van der Waals surface area contributed by atoms with E-state index in [1.807, 2.05) is 10.3 Å². The molecule has 0 spiro atoms. The molecule has 2 aliphatic rings. The third-order valence-electron chi connectivity index (χ3n) is 4.21. The predicted octanol–water partition coefficient (Wildman–Crippen LogP) is 1.65. The van der Waals surface area contributed by atoms with E-state index in [2.05, 4.69) is 4.98 Å². The number of hydrogen-bond acceptors (Lipinski definition) is 4. The van der Waals surface area contributed by atoms with Gasteiger partial charge in [-0.2, -0.15) is 0 Å². The van der Waals surface area contributed by atoms with Crippen molar-refractivity contribution in [1.82, 2.24) is 9.88 Å². The summed E-state index contributed by atoms with van der Waals surface area (Å²) in [5.74, 6) is 1.30. The first-order valence-electron chi connectivity index (χ1n) is 6.62. The molecule has 4 nitrogen and oxygen atoms in total. The second-order valence-electron chi connectivity index (χ2n) is 5.41. The average Bonchev–Trinajstić information content (AvgIpc) is 3.07. The van der Waals surface area contributed by atoms with Crippen molar-refractivity contribution in [2.24, 2.45) is 11.8 Å². The third kappa shape index (κ3) is 2.64. The normalized spacial score (nSPS) is 29.8. The van der Waals surface area contributed by atoms with Gasteiger partial charge >= 0.3 is 0 Å². The number of halogens is 1. The first-order chi connectivity index (χ1) is 9.17. The maximum absolute atomic E-state index is 12.2. The van der Waals surface area contributed by atoms with Crippen molar-refractivity contribution in [3.8, 4) is 0 Å². The lowest BCUT2D eigenvalue weighted by Crippen LogP contribution is -2.32. The predicted molar refractivity (Wildman–Crippen MR) is 74.2 cm³/mol. The van der Waals surface area contributed by atoms with Gasteiger partial charge < -0.3 is 10.0 Å². The topological polar surface area (TPSA) is 53.4 Å². The van der Waals surface area contributed by atoms with E-state index < -0.39 is 0 Å². The molecule has 1 saturated heterocycles. The molecule has 2 fully saturated rings. The molecule has 104 valence electrons. The van der Waals surface area contributed by atoms with Gasteiger partial charge in [0.25, 0.3) is 0 Å². The summed E-state index contributed by atoms with van der Waals surface area (Å²) in [4.78, 5) is 18.4. The number of carbonyl (C=O) groups is 1. The Labute approximate surface area is 121 Å². The lowest BCUT2D eigenvalue weighted by atomic mass is 10.00. The zero-order valence-corrected chi connectivity index (χ0v) is 12.2. The summed E-state index contributed by atoms with van der Waals surface area (Å²) in [6.07, 6.45) is 2.08. The minimum atomic E-state index is -0.217. The SMILES string of the molecule is O=C(Cc1nc(CCl)cs1)N1CC2CCC(O)C2C1. The van der Waals surface area contributed by atoms with Crippen LogP contribution in [0.15, 0.2) is 5.38 Å². The molecule has 1 aromatic heterocycles. The van der Waals surface area contributed by atoms with E-state index in [0.717, 1.165) is 30.1 Å². The van der Waals surface area contributed by atoms with Crippen LogP contribution in [0.2, 0.25) is 0 Å². The van der Waals surface area contributed by atoms with E-state index in [1.165, 1.54) is 11.3 Å². The number of fused-ring (bicyclic) bond motifs is 1. The Hall–Kier alpha value is -0.650. The summed E-state index contributed by atoms with van der Waals surface area (Å²) in [6.45, 7) is 1.51. The molecule has 3 rings (SSSR count). The molecule has 1 aliphatic heterocycles. The zero-order valence-electron chi connectivity index (χ0n) is 10.6. The minimum Gasteiger partial charge on any atom is -0.393 e. The Morgan fingerprint density at radius 3 is 3.05 bits per heavy atom. The number of carbonyl (C=O) groups excluding carboxylic acids is 1. The van der Waals surface area contributed by atoms with Gasteiger partial charge in [-0.3, -0.25) is 4.79 Å². The summed E-state index contributed by atoms with van der Waals surface area (Å²) < 4.78 is 0. The van der Waals surface area contributed by atoms with Gasteiger partial charge in [-0.25, -0.2) is 4.98 Å². The molecule has 0 bridgehead atoms. The fraction of sp³-hybridized carbons (Fsp3) is 0.692. The molecule has 1 N–H and O–H groups in total. The van der Waals surface area contributed by atoms with Crippen LogP contribution in [-0.2, 0) is 17.1 Å². The molecule has 1 amide bonds. The van der Waals surface area contributed by atoms with Crippen LogP contribution in [0.3, 0.4) is 0 Å². The van der Waals surface area contributed by atoms with Crippen LogP contribution in [-0.4, -0.2) is 40.1 Å². The van der Waals surface area contributed by atoms with Gasteiger partial charge in [0.05, 0.1) is 24.1 Å². The molecule has 2 heterocycles. The number of alkyl halides is 1. The number of nitrogens with zero attached hydrogens (tertiary/aromatic N) is 2. The molecule has 1 aliphatic carbocycles. The van der Waals surface area contributed by atoms with Crippen LogP contribution in [0.1, 0.15) is 23.5 Å². The largest absolute Gasteiger partial charge is 0.393 e. The molecule has 3 unspecified atom stereocenters. The first-order valence-corrected chi connectivity index (χ1v) is 8.04. The van der Waals surface area contributed by atoms with Crippen LogP contribution < -0.4 is 0 Å². The highest BCUT2D eigenvalue weighted by atomic mass is 35.5. The number of aliphatic hydroxyl groups excluding tert-OH is 1. The second-order valence-corrected chi connectivity index (χ2v) is 6.62. The molecule has 6 heteroatoms. The second kappa shape index (κ2) is 5.38. The Kier molecular flexibility index (Phi) is 3.78. The Morgan fingerprint density at radius 1 is 1.53 bits per heavy atom. The monoisotopic (exact) mass is 300 g/mol. The number of hydrogen-bond donors (Lipinski definition) is 1. The van der Waals surface area contributed by atoms with Crippen molar-refractivity contribution < 1.29 is 9.90 Å². The van der Waals surface area contributed by atoms with Crippen LogP contribution in [0, 0.1) is 11.8 Å². The number of aliphatic hydroxyl groups is 1.